The van der Waals surface area contributed by atoms with Gasteiger partial charge in [0, 0.05) is 50.1 Å². The smallest absolute Gasteiger partial charge is 0.153 e. The van der Waals surface area contributed by atoms with Gasteiger partial charge in [0.1, 0.15) is 0 Å². The Kier molecular flexibility index (Phi) is 7.66. The minimum Gasteiger partial charge on any atom is -0.369 e. The fraction of sp³-hybridized carbons (Fsp3) is 0.625. The summed E-state index contributed by atoms with van der Waals surface area (Å²) in [6.45, 7) is 8.64. The number of nitrogens with zero attached hydrogens (tertiary/aromatic N) is 2. The molecule has 24 heavy (non-hydrogen) atoms. The maximum Gasteiger partial charge on any atom is 0.153 e. The zero-order valence-electron chi connectivity index (χ0n) is 14.2. The van der Waals surface area contributed by atoms with Crippen LogP contribution in [0.3, 0.4) is 0 Å². The second-order valence-electron chi connectivity index (χ2n) is 6.36. The molecule has 5 nitrogen and oxygen atoms in total. The highest BCUT2D eigenvalue weighted by atomic mass is 35.5. The van der Waals surface area contributed by atoms with Gasteiger partial charge in [0.05, 0.1) is 11.5 Å². The maximum absolute atomic E-state index is 11.6. The molecule has 138 valence electrons. The maximum atomic E-state index is 11.6. The fourth-order valence-corrected chi connectivity index (χ4v) is 4.55. The van der Waals surface area contributed by atoms with Gasteiger partial charge in [0.2, 0.25) is 0 Å². The second-order valence-corrected chi connectivity index (χ2v) is 8.66. The number of hydrogen-bond donors (Lipinski definition) is 1. The van der Waals surface area contributed by atoms with Crippen LogP contribution in [0, 0.1) is 6.92 Å². The Morgan fingerprint density at radius 1 is 1.12 bits per heavy atom. The van der Waals surface area contributed by atoms with Crippen LogP contribution in [0.1, 0.15) is 12.5 Å². The van der Waals surface area contributed by atoms with Crippen molar-refractivity contribution in [1.82, 2.24) is 5.32 Å². The van der Waals surface area contributed by atoms with Crippen LogP contribution in [0.15, 0.2) is 18.2 Å². The first-order valence-electron chi connectivity index (χ1n) is 8.00. The van der Waals surface area contributed by atoms with Crippen molar-refractivity contribution in [3.8, 4) is 0 Å². The Morgan fingerprint density at radius 2 is 1.79 bits per heavy atom. The van der Waals surface area contributed by atoms with E-state index >= 15 is 0 Å². The molecule has 1 aromatic carbocycles. The van der Waals surface area contributed by atoms with E-state index in [0.717, 1.165) is 19.6 Å². The molecule has 0 unspecified atom stereocenters. The predicted molar refractivity (Wildman–Crippen MR) is 106 cm³/mol. The van der Waals surface area contributed by atoms with Crippen LogP contribution in [-0.2, 0) is 9.84 Å². The summed E-state index contributed by atoms with van der Waals surface area (Å²) in [5.41, 5.74) is 3.66. The highest BCUT2D eigenvalue weighted by molar-refractivity contribution is 7.91. The lowest BCUT2D eigenvalue weighted by molar-refractivity contribution is 0.501. The fourth-order valence-electron chi connectivity index (χ4n) is 3.35. The summed E-state index contributed by atoms with van der Waals surface area (Å²) in [5, 5.41) is 3.41. The zero-order chi connectivity index (χ0) is 15.7. The average molecular weight is 396 g/mol. The average Bonchev–Trinajstić information content (AvgIpc) is 2.48. The first kappa shape index (κ1) is 21.4. The minimum absolute atomic E-state index is 0. The second kappa shape index (κ2) is 8.61. The molecule has 3 rings (SSSR count). The highest BCUT2D eigenvalue weighted by Gasteiger charge is 2.23. The van der Waals surface area contributed by atoms with Gasteiger partial charge in [-0.3, -0.25) is 0 Å². The van der Waals surface area contributed by atoms with E-state index in [1.165, 1.54) is 16.9 Å². The summed E-state index contributed by atoms with van der Waals surface area (Å²) in [5.74, 6) is 0.534. The molecule has 0 radical (unpaired) electrons. The molecule has 2 heterocycles. The lowest BCUT2D eigenvalue weighted by Gasteiger charge is -2.37. The van der Waals surface area contributed by atoms with Crippen molar-refractivity contribution in [2.75, 3.05) is 54.0 Å². The molecule has 0 saturated carbocycles. The summed E-state index contributed by atoms with van der Waals surface area (Å²) >= 11 is 0. The predicted octanol–water partition coefficient (Wildman–Crippen LogP) is 1.87. The monoisotopic (exact) mass is 395 g/mol. The van der Waals surface area contributed by atoms with Crippen molar-refractivity contribution in [2.24, 2.45) is 0 Å². The summed E-state index contributed by atoms with van der Waals surface area (Å²) in [6, 6.07) is 7.06. The molecular weight excluding hydrogens is 369 g/mol. The molecule has 2 saturated heterocycles. The summed E-state index contributed by atoms with van der Waals surface area (Å²) in [6.07, 6.45) is 0. The van der Waals surface area contributed by atoms with Gasteiger partial charge in [-0.25, -0.2) is 8.42 Å². The van der Waals surface area contributed by atoms with Crippen molar-refractivity contribution in [3.63, 3.8) is 0 Å². The number of aryl methyl sites for hydroxylation is 1. The van der Waals surface area contributed by atoms with Crippen molar-refractivity contribution in [3.05, 3.63) is 23.8 Å². The molecule has 2 aliphatic heterocycles. The number of nitrogens with one attached hydrogen (secondary N) is 1. The van der Waals surface area contributed by atoms with E-state index in [0.29, 0.717) is 19.1 Å². The van der Waals surface area contributed by atoms with Gasteiger partial charge in [0.25, 0.3) is 0 Å². The van der Waals surface area contributed by atoms with E-state index in [4.69, 9.17) is 0 Å². The van der Waals surface area contributed by atoms with E-state index < -0.39 is 9.84 Å². The van der Waals surface area contributed by atoms with E-state index in [2.05, 4.69) is 47.2 Å². The van der Waals surface area contributed by atoms with Gasteiger partial charge < -0.3 is 15.1 Å². The Bertz CT molecular complexity index is 641. The normalized spacial score (nSPS) is 23.2. The third-order valence-electron chi connectivity index (χ3n) is 4.70. The van der Waals surface area contributed by atoms with Crippen LogP contribution in [0.2, 0.25) is 0 Å². The van der Waals surface area contributed by atoms with Crippen molar-refractivity contribution >= 4 is 46.0 Å². The van der Waals surface area contributed by atoms with Crippen LogP contribution >= 0.6 is 24.8 Å². The molecule has 1 atom stereocenters. The number of piperazine rings is 1. The van der Waals surface area contributed by atoms with E-state index in [-0.39, 0.29) is 36.3 Å². The molecule has 1 aromatic rings. The quantitative estimate of drug-likeness (QED) is 0.827. The zero-order valence-corrected chi connectivity index (χ0v) is 16.6. The Hall–Kier alpha value is -0.690. The topological polar surface area (TPSA) is 52.6 Å². The number of anilines is 2. The Balaban J connectivity index is 0.00000144. The lowest BCUT2D eigenvalue weighted by Crippen LogP contribution is -2.50. The molecule has 0 bridgehead atoms. The summed E-state index contributed by atoms with van der Waals surface area (Å²) in [4.78, 5) is 4.63. The molecule has 0 amide bonds. The third-order valence-corrected chi connectivity index (χ3v) is 6.31. The summed E-state index contributed by atoms with van der Waals surface area (Å²) in [7, 11) is -2.83. The van der Waals surface area contributed by atoms with Gasteiger partial charge >= 0.3 is 0 Å². The minimum atomic E-state index is -2.83. The Morgan fingerprint density at radius 3 is 2.38 bits per heavy atom. The Labute approximate surface area is 157 Å². The van der Waals surface area contributed by atoms with Gasteiger partial charge in [0.15, 0.2) is 9.84 Å². The SMILES string of the molecule is Cc1cc(N2CCNC[C@H]2C)ccc1N1CCS(=O)(=O)CC1.Cl.Cl. The molecule has 1 N–H and O–H groups in total. The van der Waals surface area contributed by atoms with Crippen LogP contribution < -0.4 is 15.1 Å². The molecule has 0 spiro atoms. The van der Waals surface area contributed by atoms with Gasteiger partial charge in [-0.05, 0) is 37.6 Å². The molecule has 2 fully saturated rings. The van der Waals surface area contributed by atoms with Crippen molar-refractivity contribution in [1.29, 1.82) is 0 Å². The molecule has 2 aliphatic rings. The van der Waals surface area contributed by atoms with Gasteiger partial charge in [-0.2, -0.15) is 0 Å². The largest absolute Gasteiger partial charge is 0.369 e. The molecule has 0 aromatic heterocycles. The molecular formula is C16H27Cl2N3O2S. The van der Waals surface area contributed by atoms with Gasteiger partial charge in [-0.1, -0.05) is 0 Å². The van der Waals surface area contributed by atoms with Crippen LogP contribution in [0.5, 0.6) is 0 Å². The third kappa shape index (κ3) is 4.69. The lowest BCUT2D eigenvalue weighted by atomic mass is 10.1. The summed E-state index contributed by atoms with van der Waals surface area (Å²) < 4.78 is 23.1. The standard InChI is InChI=1S/C16H25N3O2S.2ClH/c1-13-11-15(19-6-5-17-12-14(19)2)3-4-16(13)18-7-9-22(20,21)10-8-18;;/h3-4,11,14,17H,5-10,12H2,1-2H3;2*1H/t14-;;/m1../s1. The first-order chi connectivity index (χ1) is 10.5. The number of halogens is 2. The van der Waals surface area contributed by atoms with Crippen LogP contribution in [0.4, 0.5) is 11.4 Å². The number of sulfone groups is 1. The highest BCUT2D eigenvalue weighted by Crippen LogP contribution is 2.28. The molecule has 8 heteroatoms. The van der Waals surface area contributed by atoms with Crippen LogP contribution in [0.25, 0.3) is 0 Å². The first-order valence-corrected chi connectivity index (χ1v) is 9.82. The van der Waals surface area contributed by atoms with E-state index in [1.54, 1.807) is 0 Å². The van der Waals surface area contributed by atoms with Gasteiger partial charge in [-0.15, -0.1) is 24.8 Å². The van der Waals surface area contributed by atoms with Crippen molar-refractivity contribution < 1.29 is 8.42 Å². The number of benzene rings is 1. The van der Waals surface area contributed by atoms with E-state index in [9.17, 15) is 8.42 Å². The van der Waals surface area contributed by atoms with E-state index in [1.807, 2.05) is 0 Å². The molecule has 0 aliphatic carbocycles. The van der Waals surface area contributed by atoms with Crippen LogP contribution in [-0.4, -0.2) is 58.7 Å². The van der Waals surface area contributed by atoms with Crippen molar-refractivity contribution in [2.45, 2.75) is 19.9 Å². The number of hydrogen-bond acceptors (Lipinski definition) is 5. The number of rotatable bonds is 2.